The first-order chi connectivity index (χ1) is 6.72. The molecule has 1 aromatic rings. The summed E-state index contributed by atoms with van der Waals surface area (Å²) in [6, 6.07) is 4.11. The molecule has 0 atom stereocenters. The van der Waals surface area contributed by atoms with Gasteiger partial charge in [0.25, 0.3) is 0 Å². The zero-order valence-electron chi connectivity index (χ0n) is 8.72. The van der Waals surface area contributed by atoms with Gasteiger partial charge < -0.3 is 4.74 Å². The van der Waals surface area contributed by atoms with Crippen LogP contribution >= 0.6 is 15.9 Å². The molecular formula is C11H16BrNO. The van der Waals surface area contributed by atoms with Gasteiger partial charge in [0.05, 0.1) is 0 Å². The van der Waals surface area contributed by atoms with Gasteiger partial charge in [-0.2, -0.15) is 0 Å². The van der Waals surface area contributed by atoms with Crippen molar-refractivity contribution in [2.45, 2.75) is 26.2 Å². The fourth-order valence-electron chi connectivity index (χ4n) is 1.37. The standard InChI is InChI=1S/C11H16BrNO/c1-9-7-10(12)8-11(13-9)5-3-4-6-14-2/h7-8H,3-6H2,1-2H3. The molecule has 0 saturated carbocycles. The van der Waals surface area contributed by atoms with Crippen molar-refractivity contribution in [2.24, 2.45) is 0 Å². The third kappa shape index (κ3) is 4.20. The number of aryl methyl sites for hydroxylation is 2. The summed E-state index contributed by atoms with van der Waals surface area (Å²) in [5.74, 6) is 0. The molecule has 0 aliphatic heterocycles. The average molecular weight is 258 g/mol. The lowest BCUT2D eigenvalue weighted by atomic mass is 10.2. The van der Waals surface area contributed by atoms with E-state index in [9.17, 15) is 0 Å². The highest BCUT2D eigenvalue weighted by atomic mass is 79.9. The van der Waals surface area contributed by atoms with E-state index in [0.717, 1.165) is 41.7 Å². The molecule has 0 saturated heterocycles. The number of hydrogen-bond donors (Lipinski definition) is 0. The summed E-state index contributed by atoms with van der Waals surface area (Å²) in [5.41, 5.74) is 2.23. The first-order valence-electron chi connectivity index (χ1n) is 4.84. The molecule has 0 aromatic carbocycles. The Morgan fingerprint density at radius 3 is 2.79 bits per heavy atom. The molecule has 0 fully saturated rings. The Balaban J connectivity index is 2.42. The second kappa shape index (κ2) is 6.14. The molecule has 0 amide bonds. The quantitative estimate of drug-likeness (QED) is 0.757. The van der Waals surface area contributed by atoms with Gasteiger partial charge in [0, 0.05) is 29.6 Å². The van der Waals surface area contributed by atoms with Crippen molar-refractivity contribution < 1.29 is 4.74 Å². The lowest BCUT2D eigenvalue weighted by Gasteiger charge is -2.03. The molecule has 1 aromatic heterocycles. The molecule has 3 heteroatoms. The van der Waals surface area contributed by atoms with Gasteiger partial charge in [0.15, 0.2) is 0 Å². The van der Waals surface area contributed by atoms with Crippen molar-refractivity contribution in [3.05, 3.63) is 28.0 Å². The molecule has 0 N–H and O–H groups in total. The van der Waals surface area contributed by atoms with Crippen LogP contribution in [0.3, 0.4) is 0 Å². The fourth-order valence-corrected chi connectivity index (χ4v) is 1.97. The Labute approximate surface area is 93.8 Å². The Bertz CT molecular complexity index is 268. The molecule has 0 unspecified atom stereocenters. The lowest BCUT2D eigenvalue weighted by Crippen LogP contribution is -1.95. The molecule has 14 heavy (non-hydrogen) atoms. The number of rotatable bonds is 5. The fraction of sp³-hybridized carbons (Fsp3) is 0.545. The number of hydrogen-bond acceptors (Lipinski definition) is 2. The lowest BCUT2D eigenvalue weighted by molar-refractivity contribution is 0.193. The van der Waals surface area contributed by atoms with Crippen LogP contribution in [0.1, 0.15) is 24.2 Å². The van der Waals surface area contributed by atoms with Crippen LogP contribution in [0.2, 0.25) is 0 Å². The van der Waals surface area contributed by atoms with Crippen LogP contribution in [0.25, 0.3) is 0 Å². The zero-order chi connectivity index (χ0) is 10.4. The number of aromatic nitrogens is 1. The van der Waals surface area contributed by atoms with Crippen molar-refractivity contribution in [1.29, 1.82) is 0 Å². The Hall–Kier alpha value is -0.410. The SMILES string of the molecule is COCCCCc1cc(Br)cc(C)n1. The highest BCUT2D eigenvalue weighted by Gasteiger charge is 1.98. The summed E-state index contributed by atoms with van der Waals surface area (Å²) >= 11 is 3.47. The van der Waals surface area contributed by atoms with Gasteiger partial charge in [-0.15, -0.1) is 0 Å². The van der Waals surface area contributed by atoms with E-state index in [1.165, 1.54) is 0 Å². The van der Waals surface area contributed by atoms with E-state index >= 15 is 0 Å². The maximum atomic E-state index is 5.00. The second-order valence-electron chi connectivity index (χ2n) is 3.37. The third-order valence-electron chi connectivity index (χ3n) is 2.00. The Morgan fingerprint density at radius 2 is 2.14 bits per heavy atom. The number of pyridine rings is 1. The largest absolute Gasteiger partial charge is 0.385 e. The van der Waals surface area contributed by atoms with Gasteiger partial charge >= 0.3 is 0 Å². The Morgan fingerprint density at radius 1 is 1.36 bits per heavy atom. The molecule has 0 spiro atoms. The third-order valence-corrected chi connectivity index (χ3v) is 2.46. The summed E-state index contributed by atoms with van der Waals surface area (Å²) in [6.07, 6.45) is 3.27. The van der Waals surface area contributed by atoms with Crippen LogP contribution in [0.15, 0.2) is 16.6 Å². The van der Waals surface area contributed by atoms with Gasteiger partial charge in [-0.25, -0.2) is 0 Å². The molecule has 1 rings (SSSR count). The summed E-state index contributed by atoms with van der Waals surface area (Å²) < 4.78 is 6.11. The second-order valence-corrected chi connectivity index (χ2v) is 4.28. The van der Waals surface area contributed by atoms with Gasteiger partial charge in [-0.3, -0.25) is 4.98 Å². The predicted molar refractivity (Wildman–Crippen MR) is 61.5 cm³/mol. The summed E-state index contributed by atoms with van der Waals surface area (Å²) in [4.78, 5) is 4.46. The van der Waals surface area contributed by atoms with Crippen LogP contribution in [-0.2, 0) is 11.2 Å². The monoisotopic (exact) mass is 257 g/mol. The molecule has 0 radical (unpaired) electrons. The minimum Gasteiger partial charge on any atom is -0.385 e. The van der Waals surface area contributed by atoms with Crippen LogP contribution in [-0.4, -0.2) is 18.7 Å². The van der Waals surface area contributed by atoms with E-state index < -0.39 is 0 Å². The van der Waals surface area contributed by atoms with Crippen molar-refractivity contribution in [2.75, 3.05) is 13.7 Å². The normalized spacial score (nSPS) is 10.5. The van der Waals surface area contributed by atoms with E-state index in [1.807, 2.05) is 13.0 Å². The van der Waals surface area contributed by atoms with E-state index in [4.69, 9.17) is 4.74 Å². The van der Waals surface area contributed by atoms with Crippen molar-refractivity contribution in [3.8, 4) is 0 Å². The molecule has 78 valence electrons. The topological polar surface area (TPSA) is 22.1 Å². The first kappa shape index (κ1) is 11.7. The van der Waals surface area contributed by atoms with Crippen molar-refractivity contribution >= 4 is 15.9 Å². The molecule has 0 aliphatic carbocycles. The van der Waals surface area contributed by atoms with E-state index in [0.29, 0.717) is 0 Å². The summed E-state index contributed by atoms with van der Waals surface area (Å²) in [7, 11) is 1.74. The highest BCUT2D eigenvalue weighted by molar-refractivity contribution is 9.10. The van der Waals surface area contributed by atoms with Crippen LogP contribution in [0.4, 0.5) is 0 Å². The minimum absolute atomic E-state index is 0.840. The van der Waals surface area contributed by atoms with Gasteiger partial charge in [-0.05, 0) is 38.3 Å². The first-order valence-corrected chi connectivity index (χ1v) is 5.63. The predicted octanol–water partition coefficient (Wildman–Crippen LogP) is 3.12. The average Bonchev–Trinajstić information content (AvgIpc) is 2.11. The van der Waals surface area contributed by atoms with Gasteiger partial charge in [0.2, 0.25) is 0 Å². The maximum Gasteiger partial charge on any atom is 0.0462 e. The highest BCUT2D eigenvalue weighted by Crippen LogP contribution is 2.13. The number of halogens is 1. The van der Waals surface area contributed by atoms with Crippen LogP contribution in [0, 0.1) is 6.92 Å². The minimum atomic E-state index is 0.840. The number of ether oxygens (including phenoxy) is 1. The number of methoxy groups -OCH3 is 1. The van der Waals surface area contributed by atoms with Crippen molar-refractivity contribution in [1.82, 2.24) is 4.98 Å². The van der Waals surface area contributed by atoms with Gasteiger partial charge in [-0.1, -0.05) is 15.9 Å². The van der Waals surface area contributed by atoms with Crippen LogP contribution < -0.4 is 0 Å². The molecule has 2 nitrogen and oxygen atoms in total. The van der Waals surface area contributed by atoms with E-state index in [1.54, 1.807) is 7.11 Å². The number of unbranched alkanes of at least 4 members (excludes halogenated alkanes) is 1. The molecular weight excluding hydrogens is 242 g/mol. The van der Waals surface area contributed by atoms with Crippen LogP contribution in [0.5, 0.6) is 0 Å². The maximum absolute atomic E-state index is 5.00. The summed E-state index contributed by atoms with van der Waals surface area (Å²) in [5, 5.41) is 0. The van der Waals surface area contributed by atoms with E-state index in [2.05, 4.69) is 27.0 Å². The number of nitrogens with zero attached hydrogens (tertiary/aromatic N) is 1. The summed E-state index contributed by atoms with van der Waals surface area (Å²) in [6.45, 7) is 2.86. The molecule has 0 bridgehead atoms. The van der Waals surface area contributed by atoms with E-state index in [-0.39, 0.29) is 0 Å². The molecule has 0 aliphatic rings. The molecule has 1 heterocycles. The van der Waals surface area contributed by atoms with Crippen molar-refractivity contribution in [3.63, 3.8) is 0 Å². The Kier molecular flexibility index (Phi) is 5.12. The zero-order valence-corrected chi connectivity index (χ0v) is 10.3. The van der Waals surface area contributed by atoms with Gasteiger partial charge in [0.1, 0.15) is 0 Å². The smallest absolute Gasteiger partial charge is 0.0462 e.